The summed E-state index contributed by atoms with van der Waals surface area (Å²) in [7, 11) is 0. The molecular weight excluding hydrogens is 316 g/mol. The van der Waals surface area contributed by atoms with Gasteiger partial charge in [0.25, 0.3) is 0 Å². The van der Waals surface area contributed by atoms with Gasteiger partial charge in [-0.1, -0.05) is 22.4 Å². The zero-order valence-electron chi connectivity index (χ0n) is 11.7. The molecule has 0 aliphatic carbocycles. The van der Waals surface area contributed by atoms with Crippen LogP contribution in [0.5, 0.6) is 0 Å². The van der Waals surface area contributed by atoms with Crippen LogP contribution in [-0.2, 0) is 0 Å². The summed E-state index contributed by atoms with van der Waals surface area (Å²) in [4.78, 5) is 16.2. The Morgan fingerprint density at radius 1 is 1.15 bits per heavy atom. The van der Waals surface area contributed by atoms with Crippen molar-refractivity contribution < 1.29 is 4.79 Å². The molecule has 0 amide bonds. The summed E-state index contributed by atoms with van der Waals surface area (Å²) in [6.45, 7) is 4.60. The topological polar surface area (TPSA) is 23.6 Å². The van der Waals surface area contributed by atoms with Crippen LogP contribution in [0.2, 0.25) is 0 Å². The van der Waals surface area contributed by atoms with E-state index >= 15 is 0 Å². The summed E-state index contributed by atoms with van der Waals surface area (Å²) in [5, 5.41) is 0. The molecule has 0 spiro atoms. The van der Waals surface area contributed by atoms with Crippen LogP contribution < -0.4 is 4.90 Å². The zero-order valence-corrected chi connectivity index (χ0v) is 13.3. The van der Waals surface area contributed by atoms with E-state index < -0.39 is 0 Å². The second-order valence-corrected chi connectivity index (χ2v) is 6.72. The van der Waals surface area contributed by atoms with Gasteiger partial charge in [0.15, 0.2) is 6.29 Å². The third kappa shape index (κ3) is 2.91. The Morgan fingerprint density at radius 2 is 1.95 bits per heavy atom. The van der Waals surface area contributed by atoms with Crippen LogP contribution in [0.3, 0.4) is 0 Å². The Labute approximate surface area is 129 Å². The van der Waals surface area contributed by atoms with Crippen molar-refractivity contribution in [3.63, 3.8) is 0 Å². The number of hydrogen-bond acceptors (Lipinski definition) is 3. The van der Waals surface area contributed by atoms with Crippen LogP contribution in [0.15, 0.2) is 22.7 Å². The highest BCUT2D eigenvalue weighted by atomic mass is 79.9. The van der Waals surface area contributed by atoms with E-state index in [1.54, 1.807) is 0 Å². The molecule has 0 bridgehead atoms. The maximum absolute atomic E-state index is 11.2. The van der Waals surface area contributed by atoms with Crippen molar-refractivity contribution in [2.75, 3.05) is 31.1 Å². The molecule has 2 fully saturated rings. The number of halogens is 1. The van der Waals surface area contributed by atoms with Gasteiger partial charge in [0.05, 0.1) is 0 Å². The van der Waals surface area contributed by atoms with E-state index in [0.29, 0.717) is 6.04 Å². The molecule has 3 nitrogen and oxygen atoms in total. The number of aldehydes is 1. The monoisotopic (exact) mass is 336 g/mol. The average Bonchev–Trinajstić information content (AvgIpc) is 2.98. The fraction of sp³-hybridized carbons (Fsp3) is 0.562. The molecule has 1 unspecified atom stereocenters. The standard InChI is InChI=1S/C16H21BrN2O/c17-14-5-4-13(12-20)16(10-14)19-9-6-15(11-19)18-7-2-1-3-8-18/h4-5,10,12,15H,1-3,6-9,11H2. The number of carbonyl (C=O) groups excluding carboxylic acids is 1. The number of rotatable bonds is 3. The molecule has 1 aromatic rings. The van der Waals surface area contributed by atoms with E-state index in [4.69, 9.17) is 0 Å². The predicted molar refractivity (Wildman–Crippen MR) is 85.6 cm³/mol. The second kappa shape index (κ2) is 6.27. The Hall–Kier alpha value is -0.870. The molecule has 1 atom stereocenters. The molecule has 108 valence electrons. The maximum Gasteiger partial charge on any atom is 0.152 e. The van der Waals surface area contributed by atoms with Crippen molar-refractivity contribution in [3.05, 3.63) is 28.2 Å². The first-order valence-electron chi connectivity index (χ1n) is 7.51. The van der Waals surface area contributed by atoms with Gasteiger partial charge in [0, 0.05) is 34.9 Å². The zero-order chi connectivity index (χ0) is 13.9. The van der Waals surface area contributed by atoms with Crippen molar-refractivity contribution >= 4 is 27.9 Å². The molecule has 4 heteroatoms. The highest BCUT2D eigenvalue weighted by Crippen LogP contribution is 2.29. The number of carbonyl (C=O) groups is 1. The Bertz CT molecular complexity index is 485. The first-order valence-corrected chi connectivity index (χ1v) is 8.31. The summed E-state index contributed by atoms with van der Waals surface area (Å²) in [5.41, 5.74) is 1.88. The maximum atomic E-state index is 11.2. The van der Waals surface area contributed by atoms with E-state index in [1.807, 2.05) is 12.1 Å². The van der Waals surface area contributed by atoms with Gasteiger partial charge in [0.2, 0.25) is 0 Å². The Kier molecular flexibility index (Phi) is 4.41. The van der Waals surface area contributed by atoms with Crippen LogP contribution in [0.1, 0.15) is 36.0 Å². The third-order valence-electron chi connectivity index (χ3n) is 4.53. The minimum atomic E-state index is 0.661. The highest BCUT2D eigenvalue weighted by molar-refractivity contribution is 9.10. The smallest absolute Gasteiger partial charge is 0.152 e. The molecular formula is C16H21BrN2O. The second-order valence-electron chi connectivity index (χ2n) is 5.81. The molecule has 0 aromatic heterocycles. The van der Waals surface area contributed by atoms with Gasteiger partial charge in [-0.2, -0.15) is 0 Å². The van der Waals surface area contributed by atoms with Crippen LogP contribution in [0, 0.1) is 0 Å². The quantitative estimate of drug-likeness (QED) is 0.791. The molecule has 0 N–H and O–H groups in total. The van der Waals surface area contributed by atoms with Crippen molar-refractivity contribution in [1.82, 2.24) is 4.90 Å². The number of likely N-dealkylation sites (tertiary alicyclic amines) is 1. The molecule has 2 heterocycles. The van der Waals surface area contributed by atoms with Crippen LogP contribution >= 0.6 is 15.9 Å². The summed E-state index contributed by atoms with van der Waals surface area (Å²) < 4.78 is 1.04. The van der Waals surface area contributed by atoms with E-state index in [-0.39, 0.29) is 0 Å². The van der Waals surface area contributed by atoms with Crippen molar-refractivity contribution in [1.29, 1.82) is 0 Å². The van der Waals surface area contributed by atoms with Crippen molar-refractivity contribution in [2.45, 2.75) is 31.7 Å². The Morgan fingerprint density at radius 3 is 2.70 bits per heavy atom. The molecule has 2 aliphatic heterocycles. The van der Waals surface area contributed by atoms with Gasteiger partial charge in [0.1, 0.15) is 0 Å². The number of anilines is 1. The molecule has 0 saturated carbocycles. The van der Waals surface area contributed by atoms with Gasteiger partial charge in [-0.3, -0.25) is 9.69 Å². The first kappa shape index (κ1) is 14.1. The lowest BCUT2D eigenvalue weighted by Gasteiger charge is -2.32. The van der Waals surface area contributed by atoms with Crippen LogP contribution in [-0.4, -0.2) is 43.4 Å². The highest BCUT2D eigenvalue weighted by Gasteiger charge is 2.29. The summed E-state index contributed by atoms with van der Waals surface area (Å²) in [5.74, 6) is 0. The molecule has 2 aliphatic rings. The molecule has 0 radical (unpaired) electrons. The fourth-order valence-corrected chi connectivity index (χ4v) is 3.78. The van der Waals surface area contributed by atoms with Gasteiger partial charge in [-0.25, -0.2) is 0 Å². The average molecular weight is 337 g/mol. The number of hydrogen-bond donors (Lipinski definition) is 0. The normalized spacial score (nSPS) is 24.1. The number of nitrogens with zero attached hydrogens (tertiary/aromatic N) is 2. The van der Waals surface area contributed by atoms with Crippen LogP contribution in [0.4, 0.5) is 5.69 Å². The summed E-state index contributed by atoms with van der Waals surface area (Å²) in [6, 6.07) is 6.57. The van der Waals surface area contributed by atoms with Crippen molar-refractivity contribution in [2.24, 2.45) is 0 Å². The molecule has 2 saturated heterocycles. The van der Waals surface area contributed by atoms with Gasteiger partial charge in [-0.15, -0.1) is 0 Å². The molecule has 1 aromatic carbocycles. The summed E-state index contributed by atoms with van der Waals surface area (Å²) >= 11 is 3.51. The van der Waals surface area contributed by atoms with E-state index in [0.717, 1.165) is 35.1 Å². The predicted octanol–water partition coefficient (Wildman–Crippen LogP) is 3.33. The van der Waals surface area contributed by atoms with E-state index in [2.05, 4.69) is 31.8 Å². The SMILES string of the molecule is O=Cc1ccc(Br)cc1N1CCC(N2CCCCC2)C1. The van der Waals surface area contributed by atoms with Gasteiger partial charge in [-0.05, 0) is 50.6 Å². The fourth-order valence-electron chi connectivity index (χ4n) is 3.43. The largest absolute Gasteiger partial charge is 0.369 e. The lowest BCUT2D eigenvalue weighted by atomic mass is 10.1. The molecule has 3 rings (SSSR count). The first-order chi connectivity index (χ1) is 9.78. The lowest BCUT2D eigenvalue weighted by Crippen LogP contribution is -2.40. The summed E-state index contributed by atoms with van der Waals surface area (Å²) in [6.07, 6.45) is 6.24. The van der Waals surface area contributed by atoms with Crippen molar-refractivity contribution in [3.8, 4) is 0 Å². The lowest BCUT2D eigenvalue weighted by molar-refractivity contribution is 0.112. The van der Waals surface area contributed by atoms with Gasteiger partial charge < -0.3 is 4.90 Å². The number of piperidine rings is 1. The minimum Gasteiger partial charge on any atom is -0.369 e. The van der Waals surface area contributed by atoms with Gasteiger partial charge >= 0.3 is 0 Å². The van der Waals surface area contributed by atoms with Crippen LogP contribution in [0.25, 0.3) is 0 Å². The van der Waals surface area contributed by atoms with E-state index in [1.165, 1.54) is 38.8 Å². The third-order valence-corrected chi connectivity index (χ3v) is 5.02. The number of benzene rings is 1. The molecule has 20 heavy (non-hydrogen) atoms. The minimum absolute atomic E-state index is 0.661. The Balaban J connectivity index is 1.73. The van der Waals surface area contributed by atoms with E-state index in [9.17, 15) is 4.79 Å².